The molecule has 0 atom stereocenters. The van der Waals surface area contributed by atoms with E-state index >= 15 is 0 Å². The number of Topliss-reactive ketones (excluding diaryl/α,β-unsaturated/α-hetero) is 1. The molecule has 2 aromatic rings. The van der Waals surface area contributed by atoms with E-state index in [1.165, 1.54) is 18.2 Å². The lowest BCUT2D eigenvalue weighted by molar-refractivity contribution is -0.120. The highest BCUT2D eigenvalue weighted by atomic mass is 35.5. The molecular formula is C16H11ClFNO2. The molecule has 0 N–H and O–H groups in total. The first-order valence-corrected chi connectivity index (χ1v) is 6.55. The summed E-state index contributed by atoms with van der Waals surface area (Å²) in [6.45, 7) is -0.247. The molecule has 0 saturated heterocycles. The highest BCUT2D eigenvalue weighted by molar-refractivity contribution is 6.30. The van der Waals surface area contributed by atoms with E-state index in [0.29, 0.717) is 10.6 Å². The summed E-state index contributed by atoms with van der Waals surface area (Å²) in [6, 6.07) is 12.6. The molecule has 0 bridgehead atoms. The number of halogens is 2. The van der Waals surface area contributed by atoms with Crippen LogP contribution in [0.15, 0.2) is 42.5 Å². The number of benzene rings is 2. The average Bonchev–Trinajstić information content (AvgIpc) is 2.48. The van der Waals surface area contributed by atoms with Crippen LogP contribution < -0.4 is 4.74 Å². The van der Waals surface area contributed by atoms with E-state index in [1.807, 2.05) is 6.07 Å². The summed E-state index contributed by atoms with van der Waals surface area (Å²) in [7, 11) is 0. The van der Waals surface area contributed by atoms with Crippen LogP contribution >= 0.6 is 11.6 Å². The van der Waals surface area contributed by atoms with E-state index in [-0.39, 0.29) is 30.1 Å². The van der Waals surface area contributed by atoms with E-state index in [9.17, 15) is 9.18 Å². The number of nitrogens with zero attached hydrogens (tertiary/aromatic N) is 1. The highest BCUT2D eigenvalue weighted by Crippen LogP contribution is 2.22. The monoisotopic (exact) mass is 303 g/mol. The Morgan fingerprint density at radius 3 is 2.76 bits per heavy atom. The van der Waals surface area contributed by atoms with Gasteiger partial charge >= 0.3 is 0 Å². The molecule has 0 amide bonds. The van der Waals surface area contributed by atoms with Gasteiger partial charge in [-0.25, -0.2) is 4.39 Å². The van der Waals surface area contributed by atoms with Crippen LogP contribution in [-0.2, 0) is 11.2 Å². The van der Waals surface area contributed by atoms with Crippen molar-refractivity contribution >= 4 is 17.4 Å². The van der Waals surface area contributed by atoms with Crippen LogP contribution in [0.5, 0.6) is 5.75 Å². The van der Waals surface area contributed by atoms with Gasteiger partial charge in [0.1, 0.15) is 24.2 Å². The molecule has 0 aliphatic heterocycles. The predicted molar refractivity (Wildman–Crippen MR) is 76.8 cm³/mol. The van der Waals surface area contributed by atoms with Crippen LogP contribution in [0.1, 0.15) is 11.1 Å². The van der Waals surface area contributed by atoms with Gasteiger partial charge in [0, 0.05) is 17.5 Å². The molecule has 0 aromatic heterocycles. The van der Waals surface area contributed by atoms with Gasteiger partial charge < -0.3 is 4.74 Å². The Kier molecular flexibility index (Phi) is 4.91. The van der Waals surface area contributed by atoms with Crippen LogP contribution in [0.3, 0.4) is 0 Å². The number of rotatable bonds is 5. The normalized spacial score (nSPS) is 9.95. The maximum absolute atomic E-state index is 13.4. The van der Waals surface area contributed by atoms with Crippen molar-refractivity contribution in [3.63, 3.8) is 0 Å². The molecular weight excluding hydrogens is 293 g/mol. The Balaban J connectivity index is 2.01. The van der Waals surface area contributed by atoms with E-state index in [2.05, 4.69) is 0 Å². The first-order chi connectivity index (χ1) is 10.1. The second-order valence-corrected chi connectivity index (χ2v) is 4.78. The highest BCUT2D eigenvalue weighted by Gasteiger charge is 2.10. The van der Waals surface area contributed by atoms with Gasteiger partial charge in [-0.3, -0.25) is 4.79 Å². The molecule has 21 heavy (non-hydrogen) atoms. The number of hydrogen-bond acceptors (Lipinski definition) is 3. The first kappa shape index (κ1) is 15.0. The van der Waals surface area contributed by atoms with Crippen molar-refractivity contribution in [2.45, 2.75) is 6.42 Å². The molecule has 5 heteroatoms. The Morgan fingerprint density at radius 2 is 2.05 bits per heavy atom. The number of ether oxygens (including phenoxy) is 1. The zero-order valence-electron chi connectivity index (χ0n) is 11.0. The molecule has 0 unspecified atom stereocenters. The Hall–Kier alpha value is -2.38. The van der Waals surface area contributed by atoms with Crippen molar-refractivity contribution in [1.29, 1.82) is 5.26 Å². The van der Waals surface area contributed by atoms with Crippen molar-refractivity contribution in [2.24, 2.45) is 0 Å². The Labute approximate surface area is 126 Å². The molecule has 0 saturated carbocycles. The molecule has 0 fully saturated rings. The Bertz CT molecular complexity index is 710. The topological polar surface area (TPSA) is 50.1 Å². The van der Waals surface area contributed by atoms with Crippen LogP contribution in [0.25, 0.3) is 0 Å². The van der Waals surface area contributed by atoms with Gasteiger partial charge in [-0.05, 0) is 23.8 Å². The standard InChI is InChI=1S/C16H11ClFNO2/c17-13-6-5-12(9-19)16(8-13)21-10-14(20)7-11-3-1-2-4-15(11)18/h1-6,8H,7,10H2. The first-order valence-electron chi connectivity index (χ1n) is 6.17. The fourth-order valence-electron chi connectivity index (χ4n) is 1.77. The largest absolute Gasteiger partial charge is 0.484 e. The number of carbonyl (C=O) groups excluding carboxylic acids is 1. The molecule has 0 spiro atoms. The minimum atomic E-state index is -0.425. The molecule has 0 radical (unpaired) electrons. The van der Waals surface area contributed by atoms with Gasteiger partial charge in [-0.15, -0.1) is 0 Å². The quantitative estimate of drug-likeness (QED) is 0.849. The summed E-state index contributed by atoms with van der Waals surface area (Å²) in [5.41, 5.74) is 0.607. The summed E-state index contributed by atoms with van der Waals surface area (Å²) >= 11 is 5.82. The summed E-state index contributed by atoms with van der Waals surface area (Å²) in [5.74, 6) is -0.470. The smallest absolute Gasteiger partial charge is 0.174 e. The van der Waals surface area contributed by atoms with Crippen LogP contribution in [0.4, 0.5) is 4.39 Å². The van der Waals surface area contributed by atoms with Gasteiger partial charge in [0.25, 0.3) is 0 Å². The third kappa shape index (κ3) is 4.04. The van der Waals surface area contributed by atoms with E-state index in [4.69, 9.17) is 21.6 Å². The summed E-state index contributed by atoms with van der Waals surface area (Å²) in [6.07, 6.45) is -0.0604. The number of carbonyl (C=O) groups is 1. The van der Waals surface area contributed by atoms with Crippen molar-refractivity contribution in [2.75, 3.05) is 6.61 Å². The molecule has 3 nitrogen and oxygen atoms in total. The number of ketones is 1. The molecule has 0 heterocycles. The lowest BCUT2D eigenvalue weighted by Crippen LogP contribution is -2.15. The van der Waals surface area contributed by atoms with E-state index in [0.717, 1.165) is 0 Å². The average molecular weight is 304 g/mol. The minimum Gasteiger partial charge on any atom is -0.484 e. The van der Waals surface area contributed by atoms with Gasteiger partial charge in [-0.2, -0.15) is 5.26 Å². The van der Waals surface area contributed by atoms with Crippen molar-refractivity contribution < 1.29 is 13.9 Å². The number of nitriles is 1. The van der Waals surface area contributed by atoms with Gasteiger partial charge in [-0.1, -0.05) is 29.8 Å². The Morgan fingerprint density at radius 1 is 1.29 bits per heavy atom. The second kappa shape index (κ2) is 6.87. The lowest BCUT2D eigenvalue weighted by atomic mass is 10.1. The molecule has 0 aliphatic carbocycles. The van der Waals surface area contributed by atoms with Crippen molar-refractivity contribution in [3.05, 3.63) is 64.4 Å². The fourth-order valence-corrected chi connectivity index (χ4v) is 1.93. The van der Waals surface area contributed by atoms with Gasteiger partial charge in [0.05, 0.1) is 5.56 Å². The molecule has 0 aliphatic rings. The van der Waals surface area contributed by atoms with Crippen molar-refractivity contribution in [1.82, 2.24) is 0 Å². The van der Waals surface area contributed by atoms with Crippen LogP contribution in [0, 0.1) is 17.1 Å². The zero-order chi connectivity index (χ0) is 15.2. The van der Waals surface area contributed by atoms with Crippen LogP contribution in [-0.4, -0.2) is 12.4 Å². The van der Waals surface area contributed by atoms with Crippen molar-refractivity contribution in [3.8, 4) is 11.8 Å². The van der Waals surface area contributed by atoms with Gasteiger partial charge in [0.15, 0.2) is 5.78 Å². The second-order valence-electron chi connectivity index (χ2n) is 4.35. The fraction of sp³-hybridized carbons (Fsp3) is 0.125. The zero-order valence-corrected chi connectivity index (χ0v) is 11.7. The third-order valence-corrected chi connectivity index (χ3v) is 3.03. The summed E-state index contributed by atoms with van der Waals surface area (Å²) in [4.78, 5) is 11.8. The number of hydrogen-bond donors (Lipinski definition) is 0. The van der Waals surface area contributed by atoms with Crippen LogP contribution in [0.2, 0.25) is 5.02 Å². The van der Waals surface area contributed by atoms with E-state index in [1.54, 1.807) is 24.3 Å². The van der Waals surface area contributed by atoms with E-state index < -0.39 is 5.82 Å². The molecule has 106 valence electrons. The summed E-state index contributed by atoms with van der Waals surface area (Å²) in [5, 5.41) is 9.35. The summed E-state index contributed by atoms with van der Waals surface area (Å²) < 4.78 is 18.7. The predicted octanol–water partition coefficient (Wildman–Crippen LogP) is 3.54. The minimum absolute atomic E-state index is 0.0604. The third-order valence-electron chi connectivity index (χ3n) is 2.80. The maximum Gasteiger partial charge on any atom is 0.174 e. The molecule has 2 rings (SSSR count). The molecule has 2 aromatic carbocycles. The van der Waals surface area contributed by atoms with Gasteiger partial charge in [0.2, 0.25) is 0 Å². The lowest BCUT2D eigenvalue weighted by Gasteiger charge is -2.08. The maximum atomic E-state index is 13.4. The SMILES string of the molecule is N#Cc1ccc(Cl)cc1OCC(=O)Cc1ccccc1F.